The molecule has 4 rings (SSSR count). The van der Waals surface area contributed by atoms with Gasteiger partial charge < -0.3 is 18.8 Å². The van der Waals surface area contributed by atoms with Crippen LogP contribution in [0.1, 0.15) is 29.9 Å². The highest BCUT2D eigenvalue weighted by Crippen LogP contribution is 2.43. The highest BCUT2D eigenvalue weighted by Gasteiger charge is 2.49. The molecule has 8 heteroatoms. The van der Waals surface area contributed by atoms with Crippen LogP contribution in [0.5, 0.6) is 5.75 Å². The number of ketones is 1. The summed E-state index contributed by atoms with van der Waals surface area (Å²) in [7, 11) is 2.48. The van der Waals surface area contributed by atoms with Crippen LogP contribution in [-0.2, 0) is 18.8 Å². The summed E-state index contributed by atoms with van der Waals surface area (Å²) in [4.78, 5) is 25.0. The number of rotatable bonds is 5. The second-order valence-corrected chi connectivity index (χ2v) is 9.28. The smallest absolute Gasteiger partial charge is 0.497 e. The van der Waals surface area contributed by atoms with E-state index in [0.29, 0.717) is 30.3 Å². The molecule has 1 aliphatic carbocycles. The molecule has 1 aromatic heterocycles. The van der Waals surface area contributed by atoms with Crippen LogP contribution in [0.2, 0.25) is 0 Å². The van der Waals surface area contributed by atoms with Crippen molar-refractivity contribution in [3.05, 3.63) is 23.1 Å². The molecule has 6 nitrogen and oxygen atoms in total. The first-order valence-electron chi connectivity index (χ1n) is 9.30. The van der Waals surface area contributed by atoms with Crippen molar-refractivity contribution in [2.45, 2.75) is 20.3 Å². The second kappa shape index (κ2) is 7.17. The highest BCUT2D eigenvalue weighted by molar-refractivity contribution is 7.20. The summed E-state index contributed by atoms with van der Waals surface area (Å²) in [6.45, 7) is 5.39. The molecule has 2 unspecified atom stereocenters. The van der Waals surface area contributed by atoms with Gasteiger partial charge in [0.2, 0.25) is 0 Å². The molecule has 2 heterocycles. The van der Waals surface area contributed by atoms with Crippen LogP contribution in [0, 0.1) is 17.3 Å². The van der Waals surface area contributed by atoms with E-state index in [-0.39, 0.29) is 29.0 Å². The van der Waals surface area contributed by atoms with Gasteiger partial charge in [-0.05, 0) is 23.9 Å². The van der Waals surface area contributed by atoms with Gasteiger partial charge in [-0.3, -0.25) is 9.59 Å². The maximum atomic E-state index is 12.7. The normalized spacial score (nSPS) is 23.5. The molecule has 1 aromatic carbocycles. The molecule has 2 fully saturated rings. The van der Waals surface area contributed by atoms with E-state index in [0.717, 1.165) is 15.5 Å². The lowest BCUT2D eigenvalue weighted by molar-refractivity contribution is -0.142. The number of methoxy groups -OCH3 is 2. The summed E-state index contributed by atoms with van der Waals surface area (Å²) >= 11 is 1.42. The van der Waals surface area contributed by atoms with Crippen molar-refractivity contribution in [2.75, 3.05) is 27.4 Å². The van der Waals surface area contributed by atoms with Gasteiger partial charge >= 0.3 is 13.1 Å². The van der Waals surface area contributed by atoms with E-state index in [1.807, 2.05) is 18.2 Å². The van der Waals surface area contributed by atoms with Gasteiger partial charge in [-0.1, -0.05) is 19.9 Å². The minimum atomic E-state index is -0.487. The van der Waals surface area contributed by atoms with Crippen LogP contribution in [-0.4, -0.2) is 46.3 Å². The second-order valence-electron chi connectivity index (χ2n) is 8.20. The van der Waals surface area contributed by atoms with Gasteiger partial charge in [0.1, 0.15) is 5.75 Å². The summed E-state index contributed by atoms with van der Waals surface area (Å²) in [5.74, 6) is -0.201. The number of hydrogen-bond acceptors (Lipinski definition) is 7. The predicted octanol–water partition coefficient (Wildman–Crippen LogP) is 2.67. The fraction of sp³-hybridized carbons (Fsp3) is 0.500. The monoisotopic (exact) mass is 402 g/mol. The van der Waals surface area contributed by atoms with Gasteiger partial charge in [-0.25, -0.2) is 0 Å². The number of hydrogen-bond donors (Lipinski definition) is 0. The van der Waals surface area contributed by atoms with Gasteiger partial charge in [-0.15, -0.1) is 11.3 Å². The molecule has 0 N–H and O–H groups in total. The Morgan fingerprint density at radius 3 is 2.50 bits per heavy atom. The number of Topliss-reactive ketones (excluding diaryl/α,β-unsaturated/α-hetero) is 1. The minimum Gasteiger partial charge on any atom is -0.497 e. The van der Waals surface area contributed by atoms with Crippen LogP contribution < -0.4 is 10.2 Å². The largest absolute Gasteiger partial charge is 0.497 e. The van der Waals surface area contributed by atoms with Crippen molar-refractivity contribution in [1.29, 1.82) is 0 Å². The number of esters is 1. The molecule has 1 aliphatic heterocycles. The number of fused-ring (bicyclic) bond motifs is 1. The minimum absolute atomic E-state index is 0.00373. The van der Waals surface area contributed by atoms with Crippen LogP contribution in [0.4, 0.5) is 0 Å². The summed E-state index contributed by atoms with van der Waals surface area (Å²) in [5.41, 5.74) is 0.803. The number of carbonyl (C=O) groups is 2. The van der Waals surface area contributed by atoms with E-state index < -0.39 is 7.12 Å². The SMILES string of the molecule is COC(=O)C1CC1C(=O)c1cc2cc(B3OCC(C)(C)CO3)c(OC)cc2s1. The average molecular weight is 402 g/mol. The molecule has 0 spiro atoms. The molecule has 0 radical (unpaired) electrons. The number of thiophene rings is 1. The Morgan fingerprint density at radius 1 is 1.14 bits per heavy atom. The number of carbonyl (C=O) groups excluding carboxylic acids is 2. The Bertz CT molecular complexity index is 926. The van der Waals surface area contributed by atoms with Crippen LogP contribution in [0.15, 0.2) is 18.2 Å². The number of ether oxygens (including phenoxy) is 2. The lowest BCUT2D eigenvalue weighted by Gasteiger charge is -2.33. The van der Waals surface area contributed by atoms with Gasteiger partial charge in [0.15, 0.2) is 5.78 Å². The van der Waals surface area contributed by atoms with Crippen molar-refractivity contribution in [2.24, 2.45) is 17.3 Å². The Balaban J connectivity index is 1.60. The molecule has 2 atom stereocenters. The summed E-state index contributed by atoms with van der Waals surface area (Å²) < 4.78 is 23.1. The Hall–Kier alpha value is -1.90. The van der Waals surface area contributed by atoms with E-state index in [2.05, 4.69) is 13.8 Å². The Labute approximate surface area is 168 Å². The van der Waals surface area contributed by atoms with E-state index in [9.17, 15) is 9.59 Å². The van der Waals surface area contributed by atoms with Crippen molar-refractivity contribution >= 4 is 45.8 Å². The highest BCUT2D eigenvalue weighted by atomic mass is 32.1. The molecule has 0 amide bonds. The fourth-order valence-electron chi connectivity index (χ4n) is 3.52. The molecule has 1 saturated heterocycles. The topological polar surface area (TPSA) is 71.1 Å². The molecule has 2 aromatic rings. The van der Waals surface area contributed by atoms with Crippen LogP contribution in [0.25, 0.3) is 10.1 Å². The van der Waals surface area contributed by atoms with Crippen molar-refractivity contribution < 1.29 is 28.4 Å². The quantitative estimate of drug-likeness (QED) is 0.435. The summed E-state index contributed by atoms with van der Waals surface area (Å²) in [5, 5.41) is 0.941. The van der Waals surface area contributed by atoms with Crippen LogP contribution in [0.3, 0.4) is 0 Å². The van der Waals surface area contributed by atoms with Crippen molar-refractivity contribution in [3.63, 3.8) is 0 Å². The predicted molar refractivity (Wildman–Crippen MR) is 107 cm³/mol. The van der Waals surface area contributed by atoms with E-state index in [4.69, 9.17) is 18.8 Å². The maximum Gasteiger partial charge on any atom is 0.497 e. The zero-order valence-corrected chi connectivity index (χ0v) is 17.3. The first kappa shape index (κ1) is 19.4. The number of benzene rings is 1. The third-order valence-electron chi connectivity index (χ3n) is 5.25. The molecule has 1 saturated carbocycles. The van der Waals surface area contributed by atoms with Gasteiger partial charge in [0, 0.05) is 34.7 Å². The molecular formula is C20H23BO6S. The van der Waals surface area contributed by atoms with Crippen LogP contribution >= 0.6 is 11.3 Å². The molecule has 0 bridgehead atoms. The average Bonchev–Trinajstić information content (AvgIpc) is 3.37. The summed E-state index contributed by atoms with van der Waals surface area (Å²) in [6.07, 6.45) is 0.563. The first-order chi connectivity index (χ1) is 13.3. The Kier molecular flexibility index (Phi) is 4.97. The Morgan fingerprint density at radius 2 is 1.86 bits per heavy atom. The third kappa shape index (κ3) is 3.56. The van der Waals surface area contributed by atoms with Gasteiger partial charge in [-0.2, -0.15) is 0 Å². The van der Waals surface area contributed by atoms with E-state index in [1.165, 1.54) is 18.4 Å². The fourth-order valence-corrected chi connectivity index (χ4v) is 4.60. The molecule has 148 valence electrons. The maximum absolute atomic E-state index is 12.7. The molecule has 2 aliphatic rings. The summed E-state index contributed by atoms with van der Waals surface area (Å²) in [6, 6.07) is 5.77. The van der Waals surface area contributed by atoms with Gasteiger partial charge in [0.05, 0.1) is 25.0 Å². The lowest BCUT2D eigenvalue weighted by atomic mass is 9.75. The van der Waals surface area contributed by atoms with Crippen molar-refractivity contribution in [3.8, 4) is 5.75 Å². The molecule has 28 heavy (non-hydrogen) atoms. The first-order valence-corrected chi connectivity index (χ1v) is 10.1. The zero-order valence-electron chi connectivity index (χ0n) is 16.4. The zero-order chi connectivity index (χ0) is 20.1. The lowest BCUT2D eigenvalue weighted by Crippen LogP contribution is -2.47. The van der Waals surface area contributed by atoms with E-state index in [1.54, 1.807) is 7.11 Å². The van der Waals surface area contributed by atoms with Gasteiger partial charge in [0.25, 0.3) is 0 Å². The van der Waals surface area contributed by atoms with E-state index >= 15 is 0 Å². The standard InChI is InChI=1S/C20H23BO6S/c1-20(2)9-26-21(27-10-20)14-5-11-6-17(28-16(11)8-15(14)24-3)18(22)12-7-13(12)19(23)25-4/h5-6,8,12-13H,7,9-10H2,1-4H3. The molecular weight excluding hydrogens is 379 g/mol. The third-order valence-corrected chi connectivity index (χ3v) is 6.36. The van der Waals surface area contributed by atoms with Crippen molar-refractivity contribution in [1.82, 2.24) is 0 Å².